The summed E-state index contributed by atoms with van der Waals surface area (Å²) in [6.07, 6.45) is -0.322. The molecule has 1 aliphatic rings. The summed E-state index contributed by atoms with van der Waals surface area (Å²) in [5.74, 6) is -0.111. The lowest BCUT2D eigenvalue weighted by atomic mass is 10.1. The Bertz CT molecular complexity index is 880. The maximum absolute atomic E-state index is 12.4. The standard InChI is InChI=1S/C22H23NO6/c1-15(22(26)23-17-6-3-2-4-7-17)29-21(25)11-9-18(24)16-8-10-19-20(14-16)28-13-5-12-27-19/h2-4,6-8,10,14-15H,5,9,11-13H2,1H3,(H,23,26)/t15-/m1/s1. The maximum Gasteiger partial charge on any atom is 0.307 e. The number of para-hydroxylation sites is 1. The molecule has 0 aromatic heterocycles. The zero-order chi connectivity index (χ0) is 20.6. The number of hydrogen-bond acceptors (Lipinski definition) is 6. The van der Waals surface area contributed by atoms with E-state index in [1.54, 1.807) is 42.5 Å². The number of hydrogen-bond donors (Lipinski definition) is 1. The normalized spacial score (nSPS) is 13.7. The van der Waals surface area contributed by atoms with Gasteiger partial charge in [-0.05, 0) is 37.3 Å². The van der Waals surface area contributed by atoms with Crippen molar-refractivity contribution in [3.05, 3.63) is 54.1 Å². The van der Waals surface area contributed by atoms with Crippen molar-refractivity contribution in [1.29, 1.82) is 0 Å². The first-order valence-electron chi connectivity index (χ1n) is 9.51. The Labute approximate surface area is 169 Å². The molecule has 1 heterocycles. The fourth-order valence-electron chi connectivity index (χ4n) is 2.77. The summed E-state index contributed by atoms with van der Waals surface area (Å²) in [7, 11) is 0. The van der Waals surface area contributed by atoms with E-state index in [0.29, 0.717) is 36.0 Å². The van der Waals surface area contributed by atoms with Crippen molar-refractivity contribution in [3.63, 3.8) is 0 Å². The highest BCUT2D eigenvalue weighted by molar-refractivity contribution is 5.98. The zero-order valence-electron chi connectivity index (χ0n) is 16.2. The number of ketones is 1. The summed E-state index contributed by atoms with van der Waals surface area (Å²) in [5.41, 5.74) is 1.06. The van der Waals surface area contributed by atoms with E-state index in [1.165, 1.54) is 6.92 Å². The number of benzene rings is 2. The molecule has 0 bridgehead atoms. The number of anilines is 1. The third-order valence-corrected chi connectivity index (χ3v) is 4.34. The van der Waals surface area contributed by atoms with Gasteiger partial charge in [-0.25, -0.2) is 0 Å². The van der Waals surface area contributed by atoms with E-state index in [4.69, 9.17) is 14.2 Å². The van der Waals surface area contributed by atoms with Crippen molar-refractivity contribution in [2.45, 2.75) is 32.3 Å². The number of Topliss-reactive ketones (excluding diaryl/α,β-unsaturated/α-hetero) is 1. The van der Waals surface area contributed by atoms with E-state index in [0.717, 1.165) is 6.42 Å². The van der Waals surface area contributed by atoms with Gasteiger partial charge in [0.15, 0.2) is 23.4 Å². The fourth-order valence-corrected chi connectivity index (χ4v) is 2.77. The number of nitrogens with one attached hydrogen (secondary N) is 1. The molecular formula is C22H23NO6. The van der Waals surface area contributed by atoms with E-state index >= 15 is 0 Å². The largest absolute Gasteiger partial charge is 0.490 e. The molecule has 0 unspecified atom stereocenters. The van der Waals surface area contributed by atoms with Gasteiger partial charge in [-0.3, -0.25) is 14.4 Å². The molecular weight excluding hydrogens is 374 g/mol. The van der Waals surface area contributed by atoms with E-state index in [9.17, 15) is 14.4 Å². The van der Waals surface area contributed by atoms with Crippen LogP contribution in [-0.4, -0.2) is 37.0 Å². The molecule has 1 aliphatic heterocycles. The highest BCUT2D eigenvalue weighted by atomic mass is 16.5. The maximum atomic E-state index is 12.4. The molecule has 1 N–H and O–H groups in total. The van der Waals surface area contributed by atoms with Gasteiger partial charge < -0.3 is 19.5 Å². The molecule has 29 heavy (non-hydrogen) atoms. The molecule has 3 rings (SSSR count). The molecule has 2 aromatic rings. The van der Waals surface area contributed by atoms with Gasteiger partial charge in [0.1, 0.15) is 0 Å². The van der Waals surface area contributed by atoms with E-state index in [-0.39, 0.29) is 18.6 Å². The van der Waals surface area contributed by atoms with Crippen LogP contribution >= 0.6 is 0 Å². The Morgan fingerprint density at radius 2 is 1.72 bits per heavy atom. The van der Waals surface area contributed by atoms with Gasteiger partial charge >= 0.3 is 5.97 Å². The Balaban J connectivity index is 1.48. The SMILES string of the molecule is C[C@@H](OC(=O)CCC(=O)c1ccc2c(c1)OCCCO2)C(=O)Nc1ccccc1. The van der Waals surface area contributed by atoms with Gasteiger partial charge in [0.25, 0.3) is 5.91 Å². The third kappa shape index (κ3) is 5.81. The quantitative estimate of drug-likeness (QED) is 0.569. The van der Waals surface area contributed by atoms with Crippen molar-refractivity contribution >= 4 is 23.3 Å². The van der Waals surface area contributed by atoms with Crippen molar-refractivity contribution in [2.24, 2.45) is 0 Å². The van der Waals surface area contributed by atoms with Gasteiger partial charge in [-0.15, -0.1) is 0 Å². The Morgan fingerprint density at radius 1 is 1.00 bits per heavy atom. The smallest absolute Gasteiger partial charge is 0.307 e. The van der Waals surface area contributed by atoms with Crippen molar-refractivity contribution in [2.75, 3.05) is 18.5 Å². The van der Waals surface area contributed by atoms with Crippen molar-refractivity contribution < 1.29 is 28.6 Å². The molecule has 1 amide bonds. The van der Waals surface area contributed by atoms with Gasteiger partial charge in [-0.1, -0.05) is 18.2 Å². The van der Waals surface area contributed by atoms with Crippen LogP contribution in [0.25, 0.3) is 0 Å². The van der Waals surface area contributed by atoms with Gasteiger partial charge in [0, 0.05) is 24.1 Å². The highest BCUT2D eigenvalue weighted by Crippen LogP contribution is 2.30. The van der Waals surface area contributed by atoms with Crippen LogP contribution in [0, 0.1) is 0 Å². The Morgan fingerprint density at radius 3 is 2.48 bits per heavy atom. The molecule has 0 aliphatic carbocycles. The van der Waals surface area contributed by atoms with Crippen LogP contribution < -0.4 is 14.8 Å². The first-order chi connectivity index (χ1) is 14.0. The summed E-state index contributed by atoms with van der Waals surface area (Å²) >= 11 is 0. The second-order valence-electron chi connectivity index (χ2n) is 6.62. The number of amides is 1. The fraction of sp³-hybridized carbons (Fsp3) is 0.318. The minimum Gasteiger partial charge on any atom is -0.490 e. The summed E-state index contributed by atoms with van der Waals surface area (Å²) in [6.45, 7) is 2.59. The minimum absolute atomic E-state index is 0.0223. The van der Waals surface area contributed by atoms with Crippen LogP contribution in [0.1, 0.15) is 36.5 Å². The third-order valence-electron chi connectivity index (χ3n) is 4.34. The van der Waals surface area contributed by atoms with Crippen LogP contribution in [-0.2, 0) is 14.3 Å². The molecule has 0 saturated heterocycles. The Hall–Kier alpha value is -3.35. The molecule has 7 heteroatoms. The van der Waals surface area contributed by atoms with Gasteiger partial charge in [-0.2, -0.15) is 0 Å². The van der Waals surface area contributed by atoms with Gasteiger partial charge in [0.05, 0.1) is 19.6 Å². The van der Waals surface area contributed by atoms with Crippen LogP contribution in [0.15, 0.2) is 48.5 Å². The lowest BCUT2D eigenvalue weighted by Gasteiger charge is -2.13. The molecule has 0 fully saturated rings. The molecule has 0 spiro atoms. The predicted molar refractivity (Wildman–Crippen MR) is 106 cm³/mol. The number of rotatable bonds is 7. The van der Waals surface area contributed by atoms with Crippen LogP contribution in [0.3, 0.4) is 0 Å². The monoisotopic (exact) mass is 397 g/mol. The van der Waals surface area contributed by atoms with Crippen molar-refractivity contribution in [3.8, 4) is 11.5 Å². The first kappa shape index (κ1) is 20.4. The summed E-state index contributed by atoms with van der Waals surface area (Å²) in [6, 6.07) is 13.9. The number of esters is 1. The predicted octanol–water partition coefficient (Wildman–Crippen LogP) is 3.38. The topological polar surface area (TPSA) is 90.9 Å². The molecule has 152 valence electrons. The van der Waals surface area contributed by atoms with Crippen LogP contribution in [0.2, 0.25) is 0 Å². The number of fused-ring (bicyclic) bond motifs is 1. The zero-order valence-corrected chi connectivity index (χ0v) is 16.2. The second kappa shape index (κ2) is 9.73. The van der Waals surface area contributed by atoms with Crippen LogP contribution in [0.5, 0.6) is 11.5 Å². The molecule has 7 nitrogen and oxygen atoms in total. The lowest BCUT2D eigenvalue weighted by Crippen LogP contribution is -2.30. The lowest BCUT2D eigenvalue weighted by molar-refractivity contribution is -0.153. The number of carbonyl (C=O) groups is 3. The van der Waals surface area contributed by atoms with E-state index in [1.807, 2.05) is 6.07 Å². The highest BCUT2D eigenvalue weighted by Gasteiger charge is 2.20. The van der Waals surface area contributed by atoms with E-state index < -0.39 is 18.0 Å². The summed E-state index contributed by atoms with van der Waals surface area (Å²) in [5, 5.41) is 2.66. The average molecular weight is 397 g/mol. The first-order valence-corrected chi connectivity index (χ1v) is 9.51. The average Bonchev–Trinajstić information content (AvgIpc) is 2.97. The van der Waals surface area contributed by atoms with Crippen LogP contribution in [0.4, 0.5) is 5.69 Å². The minimum atomic E-state index is -0.962. The van der Waals surface area contributed by atoms with E-state index in [2.05, 4.69) is 5.32 Å². The molecule has 1 atom stereocenters. The van der Waals surface area contributed by atoms with Crippen molar-refractivity contribution in [1.82, 2.24) is 0 Å². The summed E-state index contributed by atoms with van der Waals surface area (Å²) < 4.78 is 16.3. The second-order valence-corrected chi connectivity index (χ2v) is 6.62. The molecule has 2 aromatic carbocycles. The molecule has 0 saturated carbocycles. The Kier molecular flexibility index (Phi) is 6.84. The number of ether oxygens (including phenoxy) is 3. The molecule has 0 radical (unpaired) electrons. The van der Waals surface area contributed by atoms with Gasteiger partial charge in [0.2, 0.25) is 0 Å². The summed E-state index contributed by atoms with van der Waals surface area (Å²) in [4.78, 5) is 36.5. The number of carbonyl (C=O) groups excluding carboxylic acids is 3.